The molecule has 0 saturated carbocycles. The van der Waals surface area contributed by atoms with Crippen molar-refractivity contribution in [1.82, 2.24) is 10.3 Å². The first-order chi connectivity index (χ1) is 13.8. The molecule has 0 saturated heterocycles. The van der Waals surface area contributed by atoms with Gasteiger partial charge >= 0.3 is 11.9 Å². The van der Waals surface area contributed by atoms with E-state index < -0.39 is 24.0 Å². The Morgan fingerprint density at radius 3 is 2.53 bits per heavy atom. The van der Waals surface area contributed by atoms with E-state index in [2.05, 4.69) is 10.3 Å². The van der Waals surface area contributed by atoms with Crippen LogP contribution in [-0.4, -0.2) is 47.6 Å². The van der Waals surface area contributed by atoms with Crippen molar-refractivity contribution in [3.63, 3.8) is 0 Å². The van der Waals surface area contributed by atoms with Crippen molar-refractivity contribution in [1.29, 1.82) is 0 Å². The van der Waals surface area contributed by atoms with Gasteiger partial charge in [0.2, 0.25) is 5.91 Å². The third-order valence-corrected chi connectivity index (χ3v) is 4.34. The van der Waals surface area contributed by atoms with Gasteiger partial charge in [0, 0.05) is 29.9 Å². The minimum Gasteiger partial charge on any atom is -0.465 e. The lowest BCUT2D eigenvalue weighted by Gasteiger charge is -2.19. The SMILES string of the molecule is CCOC(=O)[C@H](N)CCC(=O)N[C@H](Cc1c[nH]c2ccccc12)C(=O)OC(C)C.Cl. The van der Waals surface area contributed by atoms with E-state index in [-0.39, 0.29) is 50.3 Å². The molecule has 8 nitrogen and oxygen atoms in total. The van der Waals surface area contributed by atoms with Crippen molar-refractivity contribution < 1.29 is 23.9 Å². The van der Waals surface area contributed by atoms with E-state index in [4.69, 9.17) is 15.2 Å². The molecule has 9 heteroatoms. The summed E-state index contributed by atoms with van der Waals surface area (Å²) in [5.74, 6) is -1.43. The van der Waals surface area contributed by atoms with Crippen molar-refractivity contribution in [2.24, 2.45) is 5.73 Å². The number of carbonyl (C=O) groups is 3. The average Bonchev–Trinajstić information content (AvgIpc) is 3.08. The molecule has 0 unspecified atom stereocenters. The predicted molar refractivity (Wildman–Crippen MR) is 116 cm³/mol. The van der Waals surface area contributed by atoms with Crippen LogP contribution in [0, 0.1) is 0 Å². The first-order valence-corrected chi connectivity index (χ1v) is 9.78. The van der Waals surface area contributed by atoms with E-state index in [1.165, 1.54) is 0 Å². The van der Waals surface area contributed by atoms with E-state index in [1.54, 1.807) is 20.8 Å². The van der Waals surface area contributed by atoms with Crippen LogP contribution in [0.3, 0.4) is 0 Å². The molecule has 1 aromatic carbocycles. The zero-order chi connectivity index (χ0) is 21.4. The van der Waals surface area contributed by atoms with Crippen LogP contribution in [0.1, 0.15) is 39.2 Å². The van der Waals surface area contributed by atoms with Crippen LogP contribution in [0.25, 0.3) is 10.9 Å². The number of halogens is 1. The van der Waals surface area contributed by atoms with Crippen molar-refractivity contribution in [2.75, 3.05) is 6.61 Å². The van der Waals surface area contributed by atoms with Crippen LogP contribution >= 0.6 is 12.4 Å². The van der Waals surface area contributed by atoms with Gasteiger partial charge in [0.15, 0.2) is 0 Å². The Morgan fingerprint density at radius 2 is 1.87 bits per heavy atom. The normalized spacial score (nSPS) is 12.7. The molecule has 2 aromatic rings. The molecule has 0 aliphatic heterocycles. The molecule has 2 atom stereocenters. The van der Waals surface area contributed by atoms with Crippen LogP contribution in [0.4, 0.5) is 0 Å². The summed E-state index contributed by atoms with van der Waals surface area (Å²) in [4.78, 5) is 39.7. The smallest absolute Gasteiger partial charge is 0.329 e. The summed E-state index contributed by atoms with van der Waals surface area (Å²) in [6.45, 7) is 5.42. The zero-order valence-corrected chi connectivity index (χ0v) is 18.3. The second-order valence-corrected chi connectivity index (χ2v) is 7.07. The number of para-hydroxylation sites is 1. The number of hydrogen-bond acceptors (Lipinski definition) is 6. The molecular weight excluding hydrogens is 410 g/mol. The number of rotatable bonds is 10. The number of fused-ring (bicyclic) bond motifs is 1. The van der Waals surface area contributed by atoms with Crippen LogP contribution < -0.4 is 11.1 Å². The fourth-order valence-electron chi connectivity index (χ4n) is 2.95. The maximum atomic E-state index is 12.5. The third-order valence-electron chi connectivity index (χ3n) is 4.34. The van der Waals surface area contributed by atoms with Gasteiger partial charge in [0.25, 0.3) is 0 Å². The molecular formula is C21H30ClN3O5. The molecule has 0 aliphatic carbocycles. The van der Waals surface area contributed by atoms with Crippen molar-refractivity contribution in [2.45, 2.75) is 58.2 Å². The lowest BCUT2D eigenvalue weighted by Crippen LogP contribution is -2.44. The fourth-order valence-corrected chi connectivity index (χ4v) is 2.95. The van der Waals surface area contributed by atoms with Gasteiger partial charge in [-0.15, -0.1) is 12.4 Å². The number of aromatic amines is 1. The van der Waals surface area contributed by atoms with Gasteiger partial charge in [-0.3, -0.25) is 9.59 Å². The van der Waals surface area contributed by atoms with Gasteiger partial charge < -0.3 is 25.5 Å². The molecule has 0 spiro atoms. The van der Waals surface area contributed by atoms with Crippen molar-refractivity contribution >= 4 is 41.2 Å². The zero-order valence-electron chi connectivity index (χ0n) is 17.5. The van der Waals surface area contributed by atoms with Crippen molar-refractivity contribution in [3.8, 4) is 0 Å². The summed E-state index contributed by atoms with van der Waals surface area (Å²) in [6.07, 6.45) is 1.93. The summed E-state index contributed by atoms with van der Waals surface area (Å²) in [7, 11) is 0. The molecule has 4 N–H and O–H groups in total. The molecule has 1 aromatic heterocycles. The fraction of sp³-hybridized carbons (Fsp3) is 0.476. The molecule has 0 bridgehead atoms. The van der Waals surface area contributed by atoms with E-state index >= 15 is 0 Å². The number of aromatic nitrogens is 1. The quantitative estimate of drug-likeness (QED) is 0.488. The number of carbonyl (C=O) groups excluding carboxylic acids is 3. The Kier molecular flexibility index (Phi) is 10.3. The molecule has 166 valence electrons. The Morgan fingerprint density at radius 1 is 1.17 bits per heavy atom. The Bertz CT molecular complexity index is 852. The highest BCUT2D eigenvalue weighted by Gasteiger charge is 2.25. The lowest BCUT2D eigenvalue weighted by molar-refractivity contribution is -0.151. The monoisotopic (exact) mass is 439 g/mol. The maximum absolute atomic E-state index is 12.5. The van der Waals surface area contributed by atoms with E-state index in [0.29, 0.717) is 0 Å². The van der Waals surface area contributed by atoms with Crippen LogP contribution in [-0.2, 0) is 30.3 Å². The van der Waals surface area contributed by atoms with Crippen molar-refractivity contribution in [3.05, 3.63) is 36.0 Å². The van der Waals surface area contributed by atoms with Gasteiger partial charge in [-0.25, -0.2) is 4.79 Å². The second-order valence-electron chi connectivity index (χ2n) is 7.07. The lowest BCUT2D eigenvalue weighted by atomic mass is 10.0. The van der Waals surface area contributed by atoms with Crippen LogP contribution in [0.2, 0.25) is 0 Å². The number of nitrogens with two attached hydrogens (primary N) is 1. The van der Waals surface area contributed by atoms with E-state index in [1.807, 2.05) is 30.5 Å². The standard InChI is InChI=1S/C21H29N3O5.ClH/c1-4-28-20(26)16(22)9-10-19(25)24-18(21(27)29-13(2)3)11-14-12-23-17-8-6-5-7-15(14)17;/h5-8,12-13,16,18,23H,4,9-11,22H2,1-3H3,(H,24,25);1H/t16-,18-;/m1./s1. The minimum atomic E-state index is -0.879. The Hall–Kier alpha value is -2.58. The molecule has 0 radical (unpaired) electrons. The van der Waals surface area contributed by atoms with Gasteiger partial charge in [-0.05, 0) is 38.8 Å². The topological polar surface area (TPSA) is 124 Å². The number of ether oxygens (including phenoxy) is 2. The molecule has 0 fully saturated rings. The maximum Gasteiger partial charge on any atom is 0.329 e. The number of esters is 2. The van der Waals surface area contributed by atoms with Crippen LogP contribution in [0.15, 0.2) is 30.5 Å². The number of nitrogens with one attached hydrogen (secondary N) is 2. The summed E-state index contributed by atoms with van der Waals surface area (Å²) >= 11 is 0. The highest BCUT2D eigenvalue weighted by atomic mass is 35.5. The third kappa shape index (κ3) is 7.35. The van der Waals surface area contributed by atoms with E-state index in [0.717, 1.165) is 16.5 Å². The highest BCUT2D eigenvalue weighted by molar-refractivity contribution is 5.87. The van der Waals surface area contributed by atoms with Gasteiger partial charge in [0.05, 0.1) is 12.7 Å². The summed E-state index contributed by atoms with van der Waals surface area (Å²) in [5.41, 5.74) is 7.58. The van der Waals surface area contributed by atoms with Gasteiger partial charge in [-0.1, -0.05) is 18.2 Å². The Balaban J connectivity index is 0.00000450. The summed E-state index contributed by atoms with van der Waals surface area (Å²) in [6, 6.07) is 6.00. The van der Waals surface area contributed by atoms with Gasteiger partial charge in [-0.2, -0.15) is 0 Å². The number of amides is 1. The molecule has 1 amide bonds. The summed E-state index contributed by atoms with van der Waals surface area (Å²) in [5, 5.41) is 3.70. The predicted octanol–water partition coefficient (Wildman–Crippen LogP) is 2.24. The summed E-state index contributed by atoms with van der Waals surface area (Å²) < 4.78 is 10.1. The largest absolute Gasteiger partial charge is 0.465 e. The first kappa shape index (κ1) is 25.5. The van der Waals surface area contributed by atoms with Crippen LogP contribution in [0.5, 0.6) is 0 Å². The molecule has 0 aliphatic rings. The first-order valence-electron chi connectivity index (χ1n) is 9.78. The minimum absolute atomic E-state index is 0. The molecule has 2 rings (SSSR count). The number of benzene rings is 1. The second kappa shape index (κ2) is 12.2. The van der Waals surface area contributed by atoms with E-state index in [9.17, 15) is 14.4 Å². The van der Waals surface area contributed by atoms with Gasteiger partial charge in [0.1, 0.15) is 12.1 Å². The average molecular weight is 440 g/mol. The Labute approximate surface area is 182 Å². The number of hydrogen-bond donors (Lipinski definition) is 3. The number of H-pyrrole nitrogens is 1. The molecule has 1 heterocycles. The molecule has 30 heavy (non-hydrogen) atoms. The highest BCUT2D eigenvalue weighted by Crippen LogP contribution is 2.19.